The fourth-order valence-electron chi connectivity index (χ4n) is 2.07. The van der Waals surface area contributed by atoms with Crippen LogP contribution in [0.4, 0.5) is 0 Å². The first-order valence-electron chi connectivity index (χ1n) is 4.83. The zero-order chi connectivity index (χ0) is 9.26. The van der Waals surface area contributed by atoms with Crippen LogP contribution in [0.3, 0.4) is 0 Å². The van der Waals surface area contributed by atoms with Crippen molar-refractivity contribution in [2.24, 2.45) is 11.7 Å². The summed E-state index contributed by atoms with van der Waals surface area (Å²) in [5.41, 5.74) is 7.19. The van der Waals surface area contributed by atoms with Crippen LogP contribution in [0.15, 0.2) is 0 Å². The Morgan fingerprint density at radius 1 is 1.46 bits per heavy atom. The van der Waals surface area contributed by atoms with Crippen molar-refractivity contribution >= 4 is 11.5 Å². The summed E-state index contributed by atoms with van der Waals surface area (Å²) in [7, 11) is 0. The molecular formula is C9H15N3S. The highest BCUT2D eigenvalue weighted by Crippen LogP contribution is 2.35. The molecule has 4 heteroatoms. The van der Waals surface area contributed by atoms with Gasteiger partial charge in [0.05, 0.1) is 10.6 Å². The molecule has 0 spiro atoms. The monoisotopic (exact) mass is 197 g/mol. The third-order valence-electron chi connectivity index (χ3n) is 2.90. The first-order chi connectivity index (χ1) is 6.29. The second-order valence-corrected chi connectivity index (χ2v) is 4.58. The van der Waals surface area contributed by atoms with E-state index in [2.05, 4.69) is 9.59 Å². The Morgan fingerprint density at radius 3 is 2.69 bits per heavy atom. The summed E-state index contributed by atoms with van der Waals surface area (Å²) in [6.45, 7) is 1.99. The smallest absolute Gasteiger partial charge is 0.0772 e. The van der Waals surface area contributed by atoms with Crippen molar-refractivity contribution in [2.75, 3.05) is 0 Å². The molecule has 2 rings (SSSR count). The van der Waals surface area contributed by atoms with Gasteiger partial charge in [-0.25, -0.2) is 0 Å². The quantitative estimate of drug-likeness (QED) is 0.789. The Kier molecular flexibility index (Phi) is 2.60. The van der Waals surface area contributed by atoms with E-state index in [0.29, 0.717) is 5.92 Å². The SMILES string of the molecule is Cc1nnsc1C(N)C1CCCC1. The Balaban J connectivity index is 2.12. The number of aryl methyl sites for hydroxylation is 1. The van der Waals surface area contributed by atoms with Gasteiger partial charge in [0.15, 0.2) is 0 Å². The lowest BCUT2D eigenvalue weighted by molar-refractivity contribution is 0.448. The highest BCUT2D eigenvalue weighted by atomic mass is 32.1. The molecule has 1 saturated carbocycles. The molecule has 0 saturated heterocycles. The van der Waals surface area contributed by atoms with Crippen LogP contribution in [-0.4, -0.2) is 9.59 Å². The maximum atomic E-state index is 6.18. The third-order valence-corrected chi connectivity index (χ3v) is 3.82. The standard InChI is InChI=1S/C9H15N3S/c1-6-9(13-12-11-6)8(10)7-4-2-3-5-7/h7-8H,2-5,10H2,1H3. The normalized spacial score (nSPS) is 20.8. The van der Waals surface area contributed by atoms with Crippen LogP contribution in [0.1, 0.15) is 42.3 Å². The maximum Gasteiger partial charge on any atom is 0.0772 e. The van der Waals surface area contributed by atoms with Gasteiger partial charge in [-0.2, -0.15) is 0 Å². The molecule has 1 aliphatic rings. The molecule has 1 fully saturated rings. The van der Waals surface area contributed by atoms with Crippen LogP contribution in [0.2, 0.25) is 0 Å². The van der Waals surface area contributed by atoms with E-state index in [4.69, 9.17) is 5.73 Å². The second-order valence-electron chi connectivity index (χ2n) is 3.79. The van der Waals surface area contributed by atoms with Crippen LogP contribution >= 0.6 is 11.5 Å². The fraction of sp³-hybridized carbons (Fsp3) is 0.778. The molecule has 0 aromatic carbocycles. The predicted molar refractivity (Wildman–Crippen MR) is 53.5 cm³/mol. The van der Waals surface area contributed by atoms with Gasteiger partial charge in [-0.15, -0.1) is 5.10 Å². The van der Waals surface area contributed by atoms with Gasteiger partial charge < -0.3 is 5.73 Å². The van der Waals surface area contributed by atoms with Crippen LogP contribution < -0.4 is 5.73 Å². The van der Waals surface area contributed by atoms with Gasteiger partial charge in [-0.3, -0.25) is 0 Å². The van der Waals surface area contributed by atoms with Crippen molar-refractivity contribution in [1.82, 2.24) is 9.59 Å². The lowest BCUT2D eigenvalue weighted by Crippen LogP contribution is -2.18. The summed E-state index contributed by atoms with van der Waals surface area (Å²) in [4.78, 5) is 1.19. The van der Waals surface area contributed by atoms with Gasteiger partial charge >= 0.3 is 0 Å². The van der Waals surface area contributed by atoms with Crippen LogP contribution in [0.25, 0.3) is 0 Å². The van der Waals surface area contributed by atoms with E-state index in [0.717, 1.165) is 5.69 Å². The minimum atomic E-state index is 0.183. The van der Waals surface area contributed by atoms with E-state index in [1.54, 1.807) is 0 Å². The van der Waals surface area contributed by atoms with Gasteiger partial charge in [0, 0.05) is 6.04 Å². The van der Waals surface area contributed by atoms with Crippen molar-refractivity contribution < 1.29 is 0 Å². The van der Waals surface area contributed by atoms with Gasteiger partial charge in [0.1, 0.15) is 0 Å². The van der Waals surface area contributed by atoms with Crippen LogP contribution in [0.5, 0.6) is 0 Å². The molecule has 1 unspecified atom stereocenters. The number of rotatable bonds is 2. The predicted octanol–water partition coefficient (Wildman–Crippen LogP) is 2.04. The molecule has 1 heterocycles. The average molecular weight is 197 g/mol. The van der Waals surface area contributed by atoms with Crippen molar-refractivity contribution in [2.45, 2.75) is 38.6 Å². The van der Waals surface area contributed by atoms with E-state index in [1.807, 2.05) is 6.92 Å². The Bertz CT molecular complexity index is 278. The molecule has 72 valence electrons. The summed E-state index contributed by atoms with van der Waals surface area (Å²) < 4.78 is 3.93. The van der Waals surface area contributed by atoms with Crippen LogP contribution in [-0.2, 0) is 0 Å². The maximum absolute atomic E-state index is 6.18. The molecule has 1 atom stereocenters. The zero-order valence-corrected chi connectivity index (χ0v) is 8.68. The molecule has 2 N–H and O–H groups in total. The van der Waals surface area contributed by atoms with Crippen molar-refractivity contribution in [1.29, 1.82) is 0 Å². The van der Waals surface area contributed by atoms with Crippen molar-refractivity contribution in [3.63, 3.8) is 0 Å². The topological polar surface area (TPSA) is 51.8 Å². The molecule has 0 radical (unpaired) electrons. The number of aromatic nitrogens is 2. The first kappa shape index (κ1) is 9.09. The van der Waals surface area contributed by atoms with Gasteiger partial charge in [0.25, 0.3) is 0 Å². The highest BCUT2D eigenvalue weighted by Gasteiger charge is 2.25. The third kappa shape index (κ3) is 1.74. The molecule has 1 aromatic rings. The van der Waals surface area contributed by atoms with Crippen molar-refractivity contribution in [3.8, 4) is 0 Å². The Labute approximate surface area is 82.5 Å². The minimum absolute atomic E-state index is 0.183. The second kappa shape index (κ2) is 3.72. The molecule has 0 aliphatic heterocycles. The van der Waals surface area contributed by atoms with Gasteiger partial charge in [-0.1, -0.05) is 17.3 Å². The number of nitrogens with two attached hydrogens (primary N) is 1. The molecule has 3 nitrogen and oxygen atoms in total. The highest BCUT2D eigenvalue weighted by molar-refractivity contribution is 7.05. The summed E-state index contributed by atoms with van der Waals surface area (Å²) in [6, 6.07) is 0.183. The van der Waals surface area contributed by atoms with Gasteiger partial charge in [0.2, 0.25) is 0 Å². The molecule has 13 heavy (non-hydrogen) atoms. The lowest BCUT2D eigenvalue weighted by Gasteiger charge is -2.16. The summed E-state index contributed by atoms with van der Waals surface area (Å²) in [5, 5.41) is 4.00. The largest absolute Gasteiger partial charge is 0.323 e. The van der Waals surface area contributed by atoms with Crippen LogP contribution in [0, 0.1) is 12.8 Å². The van der Waals surface area contributed by atoms with E-state index in [9.17, 15) is 0 Å². The number of hydrogen-bond donors (Lipinski definition) is 1. The molecule has 0 bridgehead atoms. The van der Waals surface area contributed by atoms with E-state index in [1.165, 1.54) is 42.1 Å². The first-order valence-corrected chi connectivity index (χ1v) is 5.61. The molecule has 1 aliphatic carbocycles. The molecule has 1 aromatic heterocycles. The van der Waals surface area contributed by atoms with E-state index < -0.39 is 0 Å². The van der Waals surface area contributed by atoms with Gasteiger partial charge in [-0.05, 0) is 37.2 Å². The molecule has 0 amide bonds. The number of hydrogen-bond acceptors (Lipinski definition) is 4. The summed E-state index contributed by atoms with van der Waals surface area (Å²) in [5.74, 6) is 0.668. The average Bonchev–Trinajstić information content (AvgIpc) is 2.72. The zero-order valence-electron chi connectivity index (χ0n) is 7.86. The Hall–Kier alpha value is -0.480. The minimum Gasteiger partial charge on any atom is -0.323 e. The molecular weight excluding hydrogens is 182 g/mol. The van der Waals surface area contributed by atoms with Crippen molar-refractivity contribution in [3.05, 3.63) is 10.6 Å². The van der Waals surface area contributed by atoms with E-state index >= 15 is 0 Å². The lowest BCUT2D eigenvalue weighted by atomic mass is 9.97. The number of nitrogens with zero attached hydrogens (tertiary/aromatic N) is 2. The summed E-state index contributed by atoms with van der Waals surface area (Å²) in [6.07, 6.45) is 5.23. The Morgan fingerprint density at radius 2 is 2.15 bits per heavy atom. The van der Waals surface area contributed by atoms with E-state index in [-0.39, 0.29) is 6.04 Å². The summed E-state index contributed by atoms with van der Waals surface area (Å²) >= 11 is 1.46. The fourth-order valence-corrected chi connectivity index (χ4v) is 2.81.